The summed E-state index contributed by atoms with van der Waals surface area (Å²) in [5.41, 5.74) is 4.45. The third-order valence-corrected chi connectivity index (χ3v) is 15.9. The molecule has 0 aliphatic heterocycles. The summed E-state index contributed by atoms with van der Waals surface area (Å²) in [4.78, 5) is 20.0. The van der Waals surface area contributed by atoms with E-state index in [9.17, 15) is 4.79 Å². The molecule has 0 spiro atoms. The van der Waals surface area contributed by atoms with Gasteiger partial charge in [-0.15, -0.1) is 0 Å². The molecule has 0 saturated carbocycles. The molecule has 3 rings (SSSR count). The van der Waals surface area contributed by atoms with E-state index in [1.54, 1.807) is 0 Å². The number of carbonyl (C=O) groups excluding carboxylic acids is 1. The summed E-state index contributed by atoms with van der Waals surface area (Å²) in [6.45, 7) is 10.7. The number of carbonyl (C=O) groups is 1. The number of rotatable bonds is 10. The molecule has 3 nitrogen and oxygen atoms in total. The van der Waals surface area contributed by atoms with Gasteiger partial charge in [0.2, 0.25) is 0 Å². The second-order valence-electron chi connectivity index (χ2n) is 11.3. The molecule has 5 heteroatoms. The molecule has 0 bridgehead atoms. The van der Waals surface area contributed by atoms with E-state index in [1.165, 1.54) is 25.9 Å². The first-order chi connectivity index (χ1) is 17.0. The first kappa shape index (κ1) is 28.3. The maximum absolute atomic E-state index is 12.8. The fourth-order valence-corrected chi connectivity index (χ4v) is 11.6. The predicted octanol–water partition coefficient (Wildman–Crippen LogP) is 7.57. The van der Waals surface area contributed by atoms with Crippen LogP contribution in [0.2, 0.25) is 34.0 Å². The van der Waals surface area contributed by atoms with E-state index in [0.29, 0.717) is 6.42 Å². The molecule has 190 valence electrons. The van der Waals surface area contributed by atoms with Crippen molar-refractivity contribution in [3.05, 3.63) is 91.0 Å². The molecular weight excluding hydrogens is 565 g/mol. The third kappa shape index (κ3) is 7.84. The molecule has 1 atom stereocenters. The van der Waals surface area contributed by atoms with Crippen molar-refractivity contribution in [1.82, 2.24) is 0 Å². The molecule has 0 heterocycles. The average Bonchev–Trinajstić information content (AvgIpc) is 2.83. The molecule has 0 aliphatic carbocycles. The second kappa shape index (κ2) is 12.3. The molecule has 0 radical (unpaired) electrons. The Balaban J connectivity index is 1.66. The minimum atomic E-state index is -2.50. The summed E-state index contributed by atoms with van der Waals surface area (Å²) in [6.07, 6.45) is 3.14. The number of hydrogen-bond acceptors (Lipinski definition) is 2. The average molecular weight is 606 g/mol. The Morgan fingerprint density at radius 2 is 1.64 bits per heavy atom. The van der Waals surface area contributed by atoms with E-state index >= 15 is 0 Å². The molecule has 36 heavy (non-hydrogen) atoms. The number of nitrogens with one attached hydrogen (secondary N) is 1. The Morgan fingerprint density at radius 3 is 2.25 bits per heavy atom. The molecule has 1 N–H and O–H groups in total. The van der Waals surface area contributed by atoms with Crippen LogP contribution in [0, 0.1) is 0 Å². The van der Waals surface area contributed by atoms with E-state index in [2.05, 4.69) is 94.4 Å². The van der Waals surface area contributed by atoms with Gasteiger partial charge in [-0.3, -0.25) is 0 Å². The van der Waals surface area contributed by atoms with Crippen LogP contribution in [0.5, 0.6) is 0 Å². The van der Waals surface area contributed by atoms with Gasteiger partial charge in [-0.25, -0.2) is 0 Å². The Labute approximate surface area is 222 Å². The summed E-state index contributed by atoms with van der Waals surface area (Å²) >= 11 is -2.50. The van der Waals surface area contributed by atoms with Crippen molar-refractivity contribution in [2.24, 2.45) is 0 Å². The van der Waals surface area contributed by atoms with Crippen LogP contribution >= 0.6 is 0 Å². The molecular formula is C31H41NO2SiSn. The van der Waals surface area contributed by atoms with E-state index in [-0.39, 0.29) is 12.2 Å². The van der Waals surface area contributed by atoms with Crippen LogP contribution < -0.4 is 14.1 Å². The zero-order chi connectivity index (χ0) is 26.3. The Morgan fingerprint density at radius 1 is 1.00 bits per heavy atom. The maximum atomic E-state index is 12.8. The topological polar surface area (TPSA) is 38.3 Å². The minimum absolute atomic E-state index is 0.223. The number of ether oxygens (including phenoxy) is 1. The normalized spacial score (nSPS) is 12.6. The van der Waals surface area contributed by atoms with Gasteiger partial charge in [0.1, 0.15) is 0 Å². The Bertz CT molecular complexity index is 1170. The van der Waals surface area contributed by atoms with Crippen molar-refractivity contribution >= 4 is 47.0 Å². The van der Waals surface area contributed by atoms with Gasteiger partial charge in [0, 0.05) is 0 Å². The predicted molar refractivity (Wildman–Crippen MR) is 161 cm³/mol. The van der Waals surface area contributed by atoms with Crippen LogP contribution in [0.4, 0.5) is 10.5 Å². The molecule has 0 fully saturated rings. The van der Waals surface area contributed by atoms with Crippen molar-refractivity contribution in [3.8, 4) is 11.1 Å². The van der Waals surface area contributed by atoms with E-state index in [4.69, 9.17) is 4.74 Å². The zero-order valence-corrected chi connectivity index (χ0v) is 26.6. The van der Waals surface area contributed by atoms with Crippen LogP contribution in [-0.2, 0) is 11.2 Å². The van der Waals surface area contributed by atoms with Gasteiger partial charge in [0.05, 0.1) is 0 Å². The zero-order valence-electron chi connectivity index (χ0n) is 22.7. The van der Waals surface area contributed by atoms with Gasteiger partial charge in [-0.1, -0.05) is 30.3 Å². The van der Waals surface area contributed by atoms with E-state index in [0.717, 1.165) is 17.7 Å². The van der Waals surface area contributed by atoms with Gasteiger partial charge in [-0.05, 0) is 0 Å². The van der Waals surface area contributed by atoms with Crippen LogP contribution in [-0.4, -0.2) is 38.6 Å². The van der Waals surface area contributed by atoms with E-state index < -0.39 is 26.5 Å². The van der Waals surface area contributed by atoms with Crippen molar-refractivity contribution in [2.45, 2.75) is 59.8 Å². The van der Waals surface area contributed by atoms with Crippen LogP contribution in [0.3, 0.4) is 0 Å². The Hall–Kier alpha value is -2.31. The summed E-state index contributed by atoms with van der Waals surface area (Å²) < 4.78 is 7.11. The second-order valence-corrected chi connectivity index (χ2v) is 30.6. The standard InChI is InChI=1S/C28H32NO2Si.3CH3.Sn/c1-5-6-20-32(3,4)27-18-16-26(17-19-27)29-28(30)31-22(2)21-23-12-14-25(15-13-23)24-10-8-7-9-11-24;;;;/h5,7-16,18-19,22H,1,6,20-21H2,2-4H3,(H,29,30);3*1H3;. The number of anilines is 1. The Kier molecular flexibility index (Phi) is 9.64. The van der Waals surface area contributed by atoms with E-state index in [1.807, 2.05) is 31.2 Å². The van der Waals surface area contributed by atoms with Crippen LogP contribution in [0.15, 0.2) is 85.5 Å². The molecule has 0 aliphatic rings. The van der Waals surface area contributed by atoms with Crippen molar-refractivity contribution in [3.63, 3.8) is 0 Å². The van der Waals surface area contributed by atoms with Gasteiger partial charge in [0.15, 0.2) is 0 Å². The van der Waals surface area contributed by atoms with Crippen LogP contribution in [0.1, 0.15) is 18.9 Å². The van der Waals surface area contributed by atoms with Gasteiger partial charge in [-0.2, -0.15) is 0 Å². The third-order valence-electron chi connectivity index (χ3n) is 6.71. The number of amides is 1. The van der Waals surface area contributed by atoms with Gasteiger partial charge in [0.25, 0.3) is 0 Å². The molecule has 0 saturated heterocycles. The summed E-state index contributed by atoms with van der Waals surface area (Å²) in [5, 5.41) is 4.53. The van der Waals surface area contributed by atoms with Crippen molar-refractivity contribution in [1.29, 1.82) is 0 Å². The summed E-state index contributed by atoms with van der Waals surface area (Å²) in [6, 6.07) is 26.7. The van der Waals surface area contributed by atoms with Crippen molar-refractivity contribution < 1.29 is 9.53 Å². The van der Waals surface area contributed by atoms with Gasteiger partial charge >= 0.3 is 193 Å². The number of benzene rings is 3. The molecule has 3 aromatic rings. The SMILES string of the molecule is C=CCC[Si](C)(C)c1ccc(NC(=O)OC(C)Cc2ccc(-c3ccccc3)cc2)[c]([Sn]([CH3])([CH3])[CH3])c1. The summed E-state index contributed by atoms with van der Waals surface area (Å²) in [5.74, 6) is 0. The monoisotopic (exact) mass is 607 g/mol. The van der Waals surface area contributed by atoms with Crippen molar-refractivity contribution in [2.75, 3.05) is 5.32 Å². The fraction of sp³-hybridized carbons (Fsp3) is 0.323. The van der Waals surface area contributed by atoms with Crippen LogP contribution in [0.25, 0.3) is 11.1 Å². The first-order valence-corrected chi connectivity index (χ1v) is 26.1. The molecule has 3 aromatic carbocycles. The first-order valence-electron chi connectivity index (χ1n) is 12.9. The molecule has 1 amide bonds. The number of allylic oxidation sites excluding steroid dienone is 1. The number of hydrogen-bond donors (Lipinski definition) is 1. The quantitative estimate of drug-likeness (QED) is 0.191. The fourth-order valence-electron chi connectivity index (χ4n) is 4.46. The molecule has 0 aromatic heterocycles. The summed E-state index contributed by atoms with van der Waals surface area (Å²) in [7, 11) is -1.55. The molecule has 1 unspecified atom stereocenters. The van der Waals surface area contributed by atoms with Gasteiger partial charge < -0.3 is 0 Å².